The quantitative estimate of drug-likeness (QED) is 0.755. The second kappa shape index (κ2) is 5.91. The summed E-state index contributed by atoms with van der Waals surface area (Å²) in [6.45, 7) is 0.0986. The van der Waals surface area contributed by atoms with Gasteiger partial charge in [-0.05, 0) is 30.5 Å². The van der Waals surface area contributed by atoms with Crippen LogP contribution in [0.25, 0.3) is 0 Å². The first kappa shape index (κ1) is 17.4. The predicted molar refractivity (Wildman–Crippen MR) is 90.1 cm³/mol. The lowest BCUT2D eigenvalue weighted by Gasteiger charge is -2.15. The smallest absolute Gasteiger partial charge is 0.373 e. The number of amides is 2. The number of rotatable bonds is 3. The highest BCUT2D eigenvalue weighted by molar-refractivity contribution is 6.22. The third kappa shape index (κ3) is 2.56. The molecule has 9 heteroatoms. The van der Waals surface area contributed by atoms with E-state index in [1.807, 2.05) is 0 Å². The van der Waals surface area contributed by atoms with Crippen molar-refractivity contribution in [3.63, 3.8) is 0 Å². The first-order valence-corrected chi connectivity index (χ1v) is 9.05. The summed E-state index contributed by atoms with van der Waals surface area (Å²) < 4.78 is 45.7. The number of anilines is 1. The largest absolute Gasteiger partial charge is 0.416 e. The van der Waals surface area contributed by atoms with Crippen LogP contribution in [0, 0.1) is 11.8 Å². The Morgan fingerprint density at radius 1 is 1.11 bits per heavy atom. The van der Waals surface area contributed by atoms with Crippen molar-refractivity contribution in [3.8, 4) is 0 Å². The highest BCUT2D eigenvalue weighted by atomic mass is 19.4. The van der Waals surface area contributed by atoms with Gasteiger partial charge in [-0.25, -0.2) is 4.90 Å². The van der Waals surface area contributed by atoms with Crippen molar-refractivity contribution in [3.05, 3.63) is 47.8 Å². The number of aromatic nitrogens is 2. The minimum atomic E-state index is -4.42. The van der Waals surface area contributed by atoms with Gasteiger partial charge in [-0.3, -0.25) is 14.3 Å². The lowest BCUT2D eigenvalue weighted by atomic mass is 9.81. The molecule has 3 aliphatic heterocycles. The molecule has 146 valence electrons. The SMILES string of the molecule is O=C1[C@@H]2[C@H](C(=O)N1c1cnn(Cc3cccc(C(F)(F)F)c3)c1)[C@@H]1CC[C@@H]2O1. The third-order valence-electron chi connectivity index (χ3n) is 5.76. The Bertz CT molecular complexity index is 943. The van der Waals surface area contributed by atoms with E-state index >= 15 is 0 Å². The summed E-state index contributed by atoms with van der Waals surface area (Å²) in [5, 5.41) is 4.12. The van der Waals surface area contributed by atoms with Gasteiger partial charge in [0.2, 0.25) is 11.8 Å². The van der Waals surface area contributed by atoms with Crippen LogP contribution in [0.4, 0.5) is 18.9 Å². The lowest BCUT2D eigenvalue weighted by Crippen LogP contribution is -2.34. The molecule has 4 heterocycles. The van der Waals surface area contributed by atoms with Gasteiger partial charge in [0, 0.05) is 6.20 Å². The van der Waals surface area contributed by atoms with Crippen LogP contribution in [0.1, 0.15) is 24.0 Å². The topological polar surface area (TPSA) is 64.4 Å². The molecular weight excluding hydrogens is 375 g/mol. The molecule has 3 saturated heterocycles. The highest BCUT2D eigenvalue weighted by Gasteiger charge is 2.62. The van der Waals surface area contributed by atoms with Crippen molar-refractivity contribution >= 4 is 17.5 Å². The van der Waals surface area contributed by atoms with Gasteiger partial charge in [0.05, 0.1) is 48.0 Å². The average Bonchev–Trinajstić information content (AvgIpc) is 3.40. The molecule has 2 bridgehead atoms. The van der Waals surface area contributed by atoms with Crippen molar-refractivity contribution in [2.45, 2.75) is 37.8 Å². The molecule has 0 N–H and O–H groups in total. The van der Waals surface area contributed by atoms with E-state index in [4.69, 9.17) is 4.74 Å². The van der Waals surface area contributed by atoms with Crippen molar-refractivity contribution < 1.29 is 27.5 Å². The van der Waals surface area contributed by atoms with Crippen LogP contribution in [0.2, 0.25) is 0 Å². The molecule has 6 nitrogen and oxygen atoms in total. The number of halogens is 3. The molecular formula is C19H16F3N3O3. The number of benzene rings is 1. The van der Waals surface area contributed by atoms with Gasteiger partial charge >= 0.3 is 6.18 Å². The predicted octanol–water partition coefficient (Wildman–Crippen LogP) is 2.62. The molecule has 0 spiro atoms. The zero-order chi connectivity index (χ0) is 19.6. The molecule has 2 aromatic rings. The fourth-order valence-electron chi connectivity index (χ4n) is 4.55. The maximum Gasteiger partial charge on any atom is 0.416 e. The molecule has 1 aromatic carbocycles. The van der Waals surface area contributed by atoms with Crippen LogP contribution in [0.15, 0.2) is 36.7 Å². The van der Waals surface area contributed by atoms with Crippen molar-refractivity contribution in [1.29, 1.82) is 0 Å². The first-order valence-electron chi connectivity index (χ1n) is 9.05. The Balaban J connectivity index is 1.37. The van der Waals surface area contributed by atoms with Gasteiger partial charge in [-0.2, -0.15) is 18.3 Å². The van der Waals surface area contributed by atoms with Crippen LogP contribution >= 0.6 is 0 Å². The number of carbonyl (C=O) groups is 2. The molecule has 3 fully saturated rings. The van der Waals surface area contributed by atoms with E-state index in [1.165, 1.54) is 23.1 Å². The Morgan fingerprint density at radius 3 is 2.43 bits per heavy atom. The summed E-state index contributed by atoms with van der Waals surface area (Å²) in [5.74, 6) is -1.42. The zero-order valence-corrected chi connectivity index (χ0v) is 14.6. The van der Waals surface area contributed by atoms with E-state index in [2.05, 4.69) is 5.10 Å². The highest BCUT2D eigenvalue weighted by Crippen LogP contribution is 2.49. The van der Waals surface area contributed by atoms with Crippen molar-refractivity contribution in [2.75, 3.05) is 4.90 Å². The molecule has 0 saturated carbocycles. The van der Waals surface area contributed by atoms with Crippen LogP contribution in [0.5, 0.6) is 0 Å². The Morgan fingerprint density at radius 2 is 1.79 bits per heavy atom. The van der Waals surface area contributed by atoms with E-state index in [0.717, 1.165) is 29.9 Å². The van der Waals surface area contributed by atoms with Crippen LogP contribution < -0.4 is 4.90 Å². The third-order valence-corrected chi connectivity index (χ3v) is 5.76. The van der Waals surface area contributed by atoms with Gasteiger partial charge in [0.15, 0.2) is 0 Å². The number of carbonyl (C=O) groups excluding carboxylic acids is 2. The van der Waals surface area contributed by atoms with E-state index in [1.54, 1.807) is 6.07 Å². The van der Waals surface area contributed by atoms with E-state index < -0.39 is 23.6 Å². The number of fused-ring (bicyclic) bond motifs is 5. The fraction of sp³-hybridized carbons (Fsp3) is 0.421. The van der Waals surface area contributed by atoms with Crippen LogP contribution in [0.3, 0.4) is 0 Å². The Hall–Kier alpha value is -2.68. The monoisotopic (exact) mass is 391 g/mol. The van der Waals surface area contributed by atoms with Gasteiger partial charge < -0.3 is 4.74 Å². The first-order chi connectivity index (χ1) is 13.3. The molecule has 28 heavy (non-hydrogen) atoms. The van der Waals surface area contributed by atoms with Crippen LogP contribution in [-0.4, -0.2) is 33.8 Å². The standard InChI is InChI=1S/C19H16F3N3O3/c20-19(21,22)11-3-1-2-10(6-11)8-24-9-12(7-23-24)25-17(26)15-13-4-5-14(28-13)16(15)18(25)27/h1-3,6-7,9,13-16H,4-5,8H2/t13-,14-,15-,16+/m0/s1. The summed E-state index contributed by atoms with van der Waals surface area (Å²) in [7, 11) is 0. The second-order valence-corrected chi connectivity index (χ2v) is 7.45. The molecule has 4 atom stereocenters. The summed E-state index contributed by atoms with van der Waals surface area (Å²) in [6.07, 6.45) is -0.333. The van der Waals surface area contributed by atoms with Crippen LogP contribution in [-0.2, 0) is 27.0 Å². The summed E-state index contributed by atoms with van der Waals surface area (Å²) in [5.41, 5.74) is 0.0354. The minimum absolute atomic E-state index is 0.0986. The van der Waals surface area contributed by atoms with Gasteiger partial charge in [0.25, 0.3) is 0 Å². The number of nitrogens with zero attached hydrogens (tertiary/aromatic N) is 3. The maximum atomic E-state index is 12.9. The maximum absolute atomic E-state index is 12.9. The van der Waals surface area contributed by atoms with E-state index in [9.17, 15) is 22.8 Å². The number of imide groups is 1. The van der Waals surface area contributed by atoms with E-state index in [0.29, 0.717) is 11.3 Å². The van der Waals surface area contributed by atoms with Gasteiger partial charge in [-0.1, -0.05) is 12.1 Å². The molecule has 3 aliphatic rings. The molecule has 0 aliphatic carbocycles. The normalized spacial score (nSPS) is 29.0. The summed E-state index contributed by atoms with van der Waals surface area (Å²) in [6, 6.07) is 4.98. The minimum Gasteiger partial charge on any atom is -0.373 e. The fourth-order valence-corrected chi connectivity index (χ4v) is 4.55. The second-order valence-electron chi connectivity index (χ2n) is 7.45. The summed E-state index contributed by atoms with van der Waals surface area (Å²) >= 11 is 0. The van der Waals surface area contributed by atoms with Gasteiger partial charge in [0.1, 0.15) is 0 Å². The zero-order valence-electron chi connectivity index (χ0n) is 14.6. The van der Waals surface area contributed by atoms with Crippen molar-refractivity contribution in [1.82, 2.24) is 9.78 Å². The summed E-state index contributed by atoms with van der Waals surface area (Å²) in [4.78, 5) is 26.7. The number of hydrogen-bond acceptors (Lipinski definition) is 4. The number of ether oxygens (including phenoxy) is 1. The van der Waals surface area contributed by atoms with Crippen molar-refractivity contribution in [2.24, 2.45) is 11.8 Å². The Kier molecular flexibility index (Phi) is 3.67. The molecule has 0 unspecified atom stereocenters. The number of hydrogen-bond donors (Lipinski definition) is 0. The molecule has 2 amide bonds. The molecule has 1 aromatic heterocycles. The molecule has 5 rings (SSSR count). The Labute approximate surface area is 157 Å². The van der Waals surface area contributed by atoms with Gasteiger partial charge in [-0.15, -0.1) is 0 Å². The molecule has 0 radical (unpaired) electrons. The lowest BCUT2D eigenvalue weighted by molar-refractivity contribution is -0.137. The number of alkyl halides is 3. The average molecular weight is 391 g/mol. The van der Waals surface area contributed by atoms with E-state index in [-0.39, 0.29) is 30.6 Å².